The lowest BCUT2D eigenvalue weighted by atomic mass is 9.99. The van der Waals surface area contributed by atoms with E-state index in [1.807, 2.05) is 57.7 Å². The molecule has 0 bridgehead atoms. The second-order valence-electron chi connectivity index (χ2n) is 10.5. The Hall–Kier alpha value is -3.59. The van der Waals surface area contributed by atoms with E-state index in [9.17, 15) is 9.18 Å². The number of hydrogen-bond donors (Lipinski definition) is 1. The number of aromatic amines is 1. The Labute approximate surface area is 209 Å². The fraction of sp³-hybridized carbons (Fsp3) is 0.407. The molecule has 5 rings (SSSR count). The molecular weight excluding hydrogens is 457 g/mol. The first kappa shape index (κ1) is 24.1. The van der Waals surface area contributed by atoms with E-state index in [0.717, 1.165) is 22.0 Å². The Balaban J connectivity index is 1.58. The zero-order valence-electron chi connectivity index (χ0n) is 21.4. The number of rotatable bonds is 4. The molecule has 8 nitrogen and oxygen atoms in total. The number of anilines is 1. The zero-order chi connectivity index (χ0) is 25.6. The van der Waals surface area contributed by atoms with Gasteiger partial charge in [-0.25, -0.2) is 9.07 Å². The normalized spacial score (nSPS) is 16.0. The van der Waals surface area contributed by atoms with E-state index in [4.69, 9.17) is 0 Å². The lowest BCUT2D eigenvalue weighted by Gasteiger charge is -2.40. The topological polar surface area (TPSA) is 82.9 Å². The van der Waals surface area contributed by atoms with Gasteiger partial charge in [-0.15, -0.1) is 5.10 Å². The molecule has 0 aliphatic carbocycles. The largest absolute Gasteiger partial charge is 0.367 e. The van der Waals surface area contributed by atoms with Gasteiger partial charge in [0, 0.05) is 31.7 Å². The third-order valence-corrected chi connectivity index (χ3v) is 7.12. The molecule has 1 aliphatic heterocycles. The second-order valence-corrected chi connectivity index (χ2v) is 10.5. The van der Waals surface area contributed by atoms with Gasteiger partial charge in [-0.3, -0.25) is 9.69 Å². The highest BCUT2D eigenvalue weighted by Crippen LogP contribution is 2.31. The highest BCUT2D eigenvalue weighted by Gasteiger charge is 2.35. The lowest BCUT2D eigenvalue weighted by molar-refractivity contribution is 0.190. The number of pyridine rings is 1. The molecule has 1 saturated heterocycles. The summed E-state index contributed by atoms with van der Waals surface area (Å²) in [5.74, 6) is 0.395. The molecule has 2 aromatic heterocycles. The molecule has 36 heavy (non-hydrogen) atoms. The maximum absolute atomic E-state index is 14.4. The fourth-order valence-electron chi connectivity index (χ4n) is 5.02. The number of halogens is 1. The van der Waals surface area contributed by atoms with E-state index in [1.165, 1.54) is 6.07 Å². The molecule has 0 amide bonds. The summed E-state index contributed by atoms with van der Waals surface area (Å²) in [5.41, 5.74) is 3.72. The maximum Gasteiger partial charge on any atom is 0.253 e. The van der Waals surface area contributed by atoms with Crippen LogP contribution in [0.1, 0.15) is 49.3 Å². The first-order chi connectivity index (χ1) is 17.1. The Kier molecular flexibility index (Phi) is 6.12. The predicted octanol–water partition coefficient (Wildman–Crippen LogP) is 3.94. The highest BCUT2D eigenvalue weighted by atomic mass is 19.1. The van der Waals surface area contributed by atoms with Crippen molar-refractivity contribution in [3.05, 3.63) is 81.2 Å². The van der Waals surface area contributed by atoms with Crippen LogP contribution in [0.15, 0.2) is 47.3 Å². The van der Waals surface area contributed by atoms with Crippen LogP contribution in [0.25, 0.3) is 10.9 Å². The van der Waals surface area contributed by atoms with Crippen molar-refractivity contribution in [3.8, 4) is 0 Å². The molecule has 0 unspecified atom stereocenters. The summed E-state index contributed by atoms with van der Waals surface area (Å²) >= 11 is 0. The molecule has 3 heterocycles. The summed E-state index contributed by atoms with van der Waals surface area (Å²) in [6.45, 7) is 12.7. The number of fused-ring (bicyclic) bond motifs is 1. The summed E-state index contributed by atoms with van der Waals surface area (Å²) in [4.78, 5) is 20.9. The van der Waals surface area contributed by atoms with Crippen LogP contribution < -0.4 is 10.5 Å². The van der Waals surface area contributed by atoms with Crippen molar-refractivity contribution in [3.63, 3.8) is 0 Å². The van der Waals surface area contributed by atoms with Crippen LogP contribution in [0.4, 0.5) is 10.1 Å². The Morgan fingerprint density at radius 3 is 2.44 bits per heavy atom. The quantitative estimate of drug-likeness (QED) is 0.468. The van der Waals surface area contributed by atoms with Crippen LogP contribution >= 0.6 is 0 Å². The van der Waals surface area contributed by atoms with E-state index in [0.29, 0.717) is 43.3 Å². The minimum Gasteiger partial charge on any atom is -0.367 e. The molecule has 4 aromatic rings. The van der Waals surface area contributed by atoms with Gasteiger partial charge in [0.2, 0.25) is 0 Å². The first-order valence-electron chi connectivity index (χ1n) is 12.3. The number of benzene rings is 2. The van der Waals surface area contributed by atoms with Gasteiger partial charge < -0.3 is 9.88 Å². The number of aryl methyl sites for hydroxylation is 2. The van der Waals surface area contributed by atoms with Crippen LogP contribution in [-0.2, 0) is 5.54 Å². The van der Waals surface area contributed by atoms with E-state index in [-0.39, 0.29) is 16.9 Å². The van der Waals surface area contributed by atoms with Crippen LogP contribution in [0.3, 0.4) is 0 Å². The van der Waals surface area contributed by atoms with Gasteiger partial charge in [-0.1, -0.05) is 24.3 Å². The smallest absolute Gasteiger partial charge is 0.253 e. The summed E-state index contributed by atoms with van der Waals surface area (Å²) in [7, 11) is 0. The molecule has 1 fully saturated rings. The van der Waals surface area contributed by atoms with Crippen molar-refractivity contribution < 1.29 is 4.39 Å². The van der Waals surface area contributed by atoms with Gasteiger partial charge in [0.15, 0.2) is 5.82 Å². The first-order valence-corrected chi connectivity index (χ1v) is 12.3. The molecule has 1 aliphatic rings. The number of H-pyrrole nitrogens is 1. The van der Waals surface area contributed by atoms with Crippen LogP contribution in [-0.4, -0.2) is 56.3 Å². The van der Waals surface area contributed by atoms with Crippen molar-refractivity contribution in [1.29, 1.82) is 0 Å². The maximum atomic E-state index is 14.4. The summed E-state index contributed by atoms with van der Waals surface area (Å²) in [5, 5.41) is 13.6. The number of tetrazole rings is 1. The van der Waals surface area contributed by atoms with Crippen molar-refractivity contribution in [2.45, 2.75) is 46.2 Å². The van der Waals surface area contributed by atoms with Gasteiger partial charge in [0.05, 0.1) is 16.7 Å². The molecule has 1 N–H and O–H groups in total. The van der Waals surface area contributed by atoms with Crippen molar-refractivity contribution in [1.82, 2.24) is 30.1 Å². The highest BCUT2D eigenvalue weighted by molar-refractivity contribution is 5.83. The molecule has 2 aromatic carbocycles. The minimum absolute atomic E-state index is 0.152. The standard InChI is InChI=1S/C27H32FN7O/c1-17-10-11-19-16-20(26(36)29-23(19)18(17)2)24(25-30-31-32-35(25)27(3,4)5)34-14-12-33(13-15-34)22-9-7-6-8-21(22)28/h6-11,16,24H,12-15H2,1-5H3,(H,29,36)/t24-/m1/s1. The third-order valence-electron chi connectivity index (χ3n) is 7.12. The monoisotopic (exact) mass is 489 g/mol. The Bertz CT molecular complexity index is 1460. The fourth-order valence-corrected chi connectivity index (χ4v) is 5.02. The van der Waals surface area contributed by atoms with E-state index < -0.39 is 6.04 Å². The molecule has 1 atom stereocenters. The minimum atomic E-state index is -0.447. The van der Waals surface area contributed by atoms with Gasteiger partial charge >= 0.3 is 0 Å². The van der Waals surface area contributed by atoms with Gasteiger partial charge in [-0.2, -0.15) is 0 Å². The molecular formula is C27H32FN7O. The lowest BCUT2D eigenvalue weighted by Crippen LogP contribution is -2.49. The van der Waals surface area contributed by atoms with E-state index in [2.05, 4.69) is 31.5 Å². The molecule has 0 radical (unpaired) electrons. The Morgan fingerprint density at radius 1 is 1.03 bits per heavy atom. The zero-order valence-corrected chi connectivity index (χ0v) is 21.4. The molecule has 188 valence electrons. The van der Waals surface area contributed by atoms with Gasteiger partial charge in [0.25, 0.3) is 5.56 Å². The van der Waals surface area contributed by atoms with Crippen LogP contribution in [0.2, 0.25) is 0 Å². The summed E-state index contributed by atoms with van der Waals surface area (Å²) in [6, 6.07) is 12.5. The number of para-hydroxylation sites is 1. The molecule has 0 spiro atoms. The average molecular weight is 490 g/mol. The van der Waals surface area contributed by atoms with E-state index >= 15 is 0 Å². The number of aromatic nitrogens is 5. The average Bonchev–Trinajstić information content (AvgIpc) is 3.34. The number of nitrogens with zero attached hydrogens (tertiary/aromatic N) is 6. The van der Waals surface area contributed by atoms with E-state index in [1.54, 1.807) is 16.8 Å². The van der Waals surface area contributed by atoms with Crippen molar-refractivity contribution >= 4 is 16.6 Å². The van der Waals surface area contributed by atoms with Gasteiger partial charge in [-0.05, 0) is 79.8 Å². The van der Waals surface area contributed by atoms with Crippen LogP contribution in [0.5, 0.6) is 0 Å². The molecule has 0 saturated carbocycles. The SMILES string of the molecule is Cc1ccc2cc([C@H](c3nnnn3C(C)(C)C)N3CCN(c4ccccc4F)CC3)c(=O)[nH]c2c1C. The molecule has 9 heteroatoms. The van der Waals surface area contributed by atoms with Crippen molar-refractivity contribution in [2.24, 2.45) is 0 Å². The second kappa shape index (κ2) is 9.13. The summed E-state index contributed by atoms with van der Waals surface area (Å²) < 4.78 is 16.2. The number of piperazine rings is 1. The summed E-state index contributed by atoms with van der Waals surface area (Å²) in [6.07, 6.45) is 0. The number of nitrogens with one attached hydrogen (secondary N) is 1. The van der Waals surface area contributed by atoms with Gasteiger partial charge in [0.1, 0.15) is 11.9 Å². The van der Waals surface area contributed by atoms with Crippen molar-refractivity contribution in [2.75, 3.05) is 31.1 Å². The number of hydrogen-bond acceptors (Lipinski definition) is 6. The Morgan fingerprint density at radius 2 is 1.75 bits per heavy atom. The third kappa shape index (κ3) is 4.28. The predicted molar refractivity (Wildman–Crippen MR) is 139 cm³/mol. The van der Waals surface area contributed by atoms with Crippen LogP contribution in [0, 0.1) is 19.7 Å².